The van der Waals surface area contributed by atoms with Gasteiger partial charge in [0.05, 0.1) is 11.4 Å². The van der Waals surface area contributed by atoms with Gasteiger partial charge < -0.3 is 10.1 Å². The molecule has 1 amide bonds. The predicted octanol–water partition coefficient (Wildman–Crippen LogP) is 2.48. The van der Waals surface area contributed by atoms with Gasteiger partial charge in [-0.3, -0.25) is 4.79 Å². The number of nitrogens with one attached hydrogen (secondary N) is 2. The Labute approximate surface area is 161 Å². The van der Waals surface area contributed by atoms with Crippen LogP contribution in [0.15, 0.2) is 47.4 Å². The molecule has 0 spiro atoms. The van der Waals surface area contributed by atoms with Crippen LogP contribution in [0.5, 0.6) is 5.75 Å². The number of carbonyl (C=O) groups is 1. The first-order valence-electron chi connectivity index (χ1n) is 8.81. The smallest absolute Gasteiger partial charge is 0.240 e. The van der Waals surface area contributed by atoms with Gasteiger partial charge in [0.2, 0.25) is 15.9 Å². The monoisotopic (exact) mass is 390 g/mol. The minimum Gasteiger partial charge on any atom is -0.492 e. The topological polar surface area (TPSA) is 84.5 Å². The van der Waals surface area contributed by atoms with Crippen molar-refractivity contribution in [3.8, 4) is 5.75 Å². The Balaban J connectivity index is 1.70. The van der Waals surface area contributed by atoms with Gasteiger partial charge in [-0.05, 0) is 61.7 Å². The van der Waals surface area contributed by atoms with Gasteiger partial charge in [-0.15, -0.1) is 0 Å². The molecule has 0 fully saturated rings. The summed E-state index contributed by atoms with van der Waals surface area (Å²) in [5.41, 5.74) is 3.04. The highest BCUT2D eigenvalue weighted by Gasteiger charge is 2.14. The number of hydrogen-bond acceptors (Lipinski definition) is 4. The van der Waals surface area contributed by atoms with Gasteiger partial charge in [0.25, 0.3) is 0 Å². The molecule has 0 unspecified atom stereocenters. The van der Waals surface area contributed by atoms with Gasteiger partial charge >= 0.3 is 0 Å². The molecular weight excluding hydrogens is 364 g/mol. The fraction of sp³-hybridized carbons (Fsp3) is 0.350. The Morgan fingerprint density at radius 1 is 1.00 bits per heavy atom. The zero-order valence-corrected chi connectivity index (χ0v) is 16.7. The zero-order valence-electron chi connectivity index (χ0n) is 15.9. The van der Waals surface area contributed by atoms with Crippen molar-refractivity contribution in [1.29, 1.82) is 0 Å². The van der Waals surface area contributed by atoms with E-state index >= 15 is 0 Å². The van der Waals surface area contributed by atoms with E-state index in [1.165, 1.54) is 0 Å². The van der Waals surface area contributed by atoms with Crippen LogP contribution in [0, 0.1) is 20.8 Å². The van der Waals surface area contributed by atoms with Crippen LogP contribution < -0.4 is 14.8 Å². The maximum atomic E-state index is 12.3. The van der Waals surface area contributed by atoms with Crippen molar-refractivity contribution in [2.24, 2.45) is 0 Å². The summed E-state index contributed by atoms with van der Waals surface area (Å²) in [4.78, 5) is 12.0. The van der Waals surface area contributed by atoms with Crippen LogP contribution in [0.2, 0.25) is 0 Å². The van der Waals surface area contributed by atoms with E-state index in [1.807, 2.05) is 45.0 Å². The second-order valence-electron chi connectivity index (χ2n) is 6.41. The SMILES string of the molecule is Cc1cccc(OCCNC(=O)CCNS(=O)(=O)c2ccc(C)c(C)c2)c1. The summed E-state index contributed by atoms with van der Waals surface area (Å²) in [6.45, 7) is 6.51. The number of carbonyl (C=O) groups excluding carboxylic acids is 1. The second kappa shape index (κ2) is 9.53. The van der Waals surface area contributed by atoms with Crippen LogP contribution in [0.4, 0.5) is 0 Å². The van der Waals surface area contributed by atoms with E-state index in [1.54, 1.807) is 18.2 Å². The van der Waals surface area contributed by atoms with Gasteiger partial charge in [0.15, 0.2) is 0 Å². The van der Waals surface area contributed by atoms with Crippen molar-refractivity contribution < 1.29 is 17.9 Å². The molecule has 7 heteroatoms. The number of hydrogen-bond donors (Lipinski definition) is 2. The highest BCUT2D eigenvalue weighted by molar-refractivity contribution is 7.89. The number of amides is 1. The van der Waals surface area contributed by atoms with Crippen molar-refractivity contribution in [1.82, 2.24) is 10.0 Å². The number of sulfonamides is 1. The van der Waals surface area contributed by atoms with Gasteiger partial charge in [-0.2, -0.15) is 0 Å². The lowest BCUT2D eigenvalue weighted by Crippen LogP contribution is -2.32. The normalized spacial score (nSPS) is 11.2. The average Bonchev–Trinajstić information content (AvgIpc) is 2.61. The molecule has 2 aromatic rings. The lowest BCUT2D eigenvalue weighted by molar-refractivity contribution is -0.121. The van der Waals surface area contributed by atoms with E-state index in [0.717, 1.165) is 22.4 Å². The van der Waals surface area contributed by atoms with E-state index in [9.17, 15) is 13.2 Å². The van der Waals surface area contributed by atoms with E-state index in [-0.39, 0.29) is 23.8 Å². The first-order chi connectivity index (χ1) is 12.8. The molecule has 0 radical (unpaired) electrons. The van der Waals surface area contributed by atoms with E-state index in [0.29, 0.717) is 13.2 Å². The van der Waals surface area contributed by atoms with Gasteiger partial charge in [-0.25, -0.2) is 13.1 Å². The molecule has 0 aliphatic rings. The second-order valence-corrected chi connectivity index (χ2v) is 8.18. The molecule has 0 bridgehead atoms. The van der Waals surface area contributed by atoms with E-state index in [2.05, 4.69) is 10.0 Å². The summed E-state index contributed by atoms with van der Waals surface area (Å²) in [6, 6.07) is 12.6. The molecule has 146 valence electrons. The van der Waals surface area contributed by atoms with Crippen molar-refractivity contribution in [2.75, 3.05) is 19.7 Å². The molecule has 0 heterocycles. The van der Waals surface area contributed by atoms with Crippen molar-refractivity contribution in [2.45, 2.75) is 32.1 Å². The van der Waals surface area contributed by atoms with Gasteiger partial charge in [0.1, 0.15) is 12.4 Å². The summed E-state index contributed by atoms with van der Waals surface area (Å²) in [6.07, 6.45) is 0.0640. The van der Waals surface area contributed by atoms with Crippen LogP contribution in [0.3, 0.4) is 0 Å². The molecule has 27 heavy (non-hydrogen) atoms. The van der Waals surface area contributed by atoms with Crippen LogP contribution in [0.1, 0.15) is 23.1 Å². The number of ether oxygens (including phenoxy) is 1. The fourth-order valence-corrected chi connectivity index (χ4v) is 3.53. The molecule has 0 saturated carbocycles. The molecule has 2 rings (SSSR count). The standard InChI is InChI=1S/C20H26N2O4S/c1-15-5-4-6-18(13-15)26-12-11-21-20(23)9-10-22-27(24,25)19-8-7-16(2)17(3)14-19/h4-8,13-14,22H,9-12H2,1-3H3,(H,21,23). The van der Waals surface area contributed by atoms with Crippen LogP contribution >= 0.6 is 0 Å². The summed E-state index contributed by atoms with van der Waals surface area (Å²) >= 11 is 0. The van der Waals surface area contributed by atoms with Crippen LogP contribution in [-0.4, -0.2) is 34.0 Å². The Kier molecular flexibility index (Phi) is 7.38. The average molecular weight is 391 g/mol. The fourth-order valence-electron chi connectivity index (χ4n) is 2.42. The van der Waals surface area contributed by atoms with E-state index in [4.69, 9.17) is 4.74 Å². The van der Waals surface area contributed by atoms with Gasteiger partial charge in [-0.1, -0.05) is 18.2 Å². The lowest BCUT2D eigenvalue weighted by Gasteiger charge is -2.10. The summed E-state index contributed by atoms with van der Waals surface area (Å²) in [5, 5.41) is 2.71. The zero-order chi connectivity index (χ0) is 19.9. The number of benzene rings is 2. The molecule has 0 aliphatic heterocycles. The maximum Gasteiger partial charge on any atom is 0.240 e. The number of rotatable bonds is 9. The quantitative estimate of drug-likeness (QED) is 0.644. The van der Waals surface area contributed by atoms with Crippen LogP contribution in [0.25, 0.3) is 0 Å². The highest BCUT2D eigenvalue weighted by Crippen LogP contribution is 2.14. The van der Waals surface area contributed by atoms with Gasteiger partial charge in [0, 0.05) is 13.0 Å². The summed E-state index contributed by atoms with van der Waals surface area (Å²) in [7, 11) is -3.62. The Morgan fingerprint density at radius 3 is 2.48 bits per heavy atom. The first-order valence-corrected chi connectivity index (χ1v) is 10.3. The summed E-state index contributed by atoms with van der Waals surface area (Å²) < 4.78 is 32.5. The molecule has 0 atom stereocenters. The van der Waals surface area contributed by atoms with E-state index < -0.39 is 10.0 Å². The molecule has 2 aromatic carbocycles. The minimum atomic E-state index is -3.62. The largest absolute Gasteiger partial charge is 0.492 e. The molecule has 6 nitrogen and oxygen atoms in total. The molecule has 0 saturated heterocycles. The Hall–Kier alpha value is -2.38. The highest BCUT2D eigenvalue weighted by atomic mass is 32.2. The molecule has 0 aromatic heterocycles. The molecular formula is C20H26N2O4S. The third-order valence-corrected chi connectivity index (χ3v) is 5.57. The Morgan fingerprint density at radius 2 is 1.78 bits per heavy atom. The van der Waals surface area contributed by atoms with Crippen LogP contribution in [-0.2, 0) is 14.8 Å². The molecule has 0 aliphatic carbocycles. The van der Waals surface area contributed by atoms with Crippen molar-refractivity contribution in [3.05, 3.63) is 59.2 Å². The minimum absolute atomic E-state index is 0.0415. The predicted molar refractivity (Wildman–Crippen MR) is 105 cm³/mol. The first kappa shape index (κ1) is 20.9. The Bertz CT molecular complexity index is 895. The third kappa shape index (κ3) is 6.69. The lowest BCUT2D eigenvalue weighted by atomic mass is 10.1. The van der Waals surface area contributed by atoms with Crippen molar-refractivity contribution in [3.63, 3.8) is 0 Å². The maximum absolute atomic E-state index is 12.3. The third-order valence-electron chi connectivity index (χ3n) is 4.12. The summed E-state index contributed by atoms with van der Waals surface area (Å²) in [5.74, 6) is 0.524. The van der Waals surface area contributed by atoms with Crippen molar-refractivity contribution >= 4 is 15.9 Å². The molecule has 2 N–H and O–H groups in total. The number of aryl methyl sites for hydroxylation is 3.